The third-order valence-corrected chi connectivity index (χ3v) is 1.87. The zero-order chi connectivity index (χ0) is 11.3. The summed E-state index contributed by atoms with van der Waals surface area (Å²) in [7, 11) is 3.65. The van der Waals surface area contributed by atoms with Crippen molar-refractivity contribution in [3.63, 3.8) is 0 Å². The Morgan fingerprint density at radius 3 is 2.47 bits per heavy atom. The summed E-state index contributed by atoms with van der Waals surface area (Å²) in [5.41, 5.74) is 0. The van der Waals surface area contributed by atoms with Crippen molar-refractivity contribution in [1.29, 1.82) is 0 Å². The van der Waals surface area contributed by atoms with Crippen LogP contribution in [0.25, 0.3) is 0 Å². The first-order chi connectivity index (χ1) is 6.97. The lowest BCUT2D eigenvalue weighted by Gasteiger charge is -2.25. The Kier molecular flexibility index (Phi) is 4.08. The molecule has 0 aliphatic carbocycles. The number of likely N-dealkylation sites (N-methyl/N-ethyl adjacent to an activating group) is 1. The Hall–Kier alpha value is -1.10. The highest BCUT2D eigenvalue weighted by atomic mass is 16.5. The highest BCUT2D eigenvalue weighted by Crippen LogP contribution is 2.08. The van der Waals surface area contributed by atoms with Crippen molar-refractivity contribution in [1.82, 2.24) is 0 Å². The van der Waals surface area contributed by atoms with Crippen LogP contribution in [0.15, 0.2) is 30.3 Å². The van der Waals surface area contributed by atoms with E-state index in [2.05, 4.69) is 0 Å². The van der Waals surface area contributed by atoms with Gasteiger partial charge in [-0.1, -0.05) is 18.2 Å². The predicted octanol–water partition coefficient (Wildman–Crippen LogP) is 0.376. The number of hydrogen-bond acceptors (Lipinski definition) is 3. The summed E-state index contributed by atoms with van der Waals surface area (Å²) in [4.78, 5) is 0. The van der Waals surface area contributed by atoms with Gasteiger partial charge in [0.2, 0.25) is 0 Å². The second-order valence-corrected chi connectivity index (χ2v) is 4.24. The molecule has 1 aromatic rings. The first-order valence-electron chi connectivity index (χ1n) is 4.95. The lowest BCUT2D eigenvalue weighted by Crippen LogP contribution is -2.52. The molecular formula is C11H19N2O2+. The molecule has 1 aromatic carbocycles. The van der Waals surface area contributed by atoms with E-state index in [1.165, 1.54) is 0 Å². The maximum absolute atomic E-state index is 9.63. The van der Waals surface area contributed by atoms with Crippen LogP contribution in [0, 0.1) is 0 Å². The van der Waals surface area contributed by atoms with E-state index in [4.69, 9.17) is 10.6 Å². The number of para-hydroxylation sites is 1. The number of nitrogens with two attached hydrogens (primary N) is 1. The van der Waals surface area contributed by atoms with Crippen molar-refractivity contribution in [3.05, 3.63) is 30.3 Å². The van der Waals surface area contributed by atoms with Crippen molar-refractivity contribution < 1.29 is 14.4 Å². The monoisotopic (exact) mass is 211 g/mol. The van der Waals surface area contributed by atoms with E-state index in [1.54, 1.807) is 0 Å². The molecule has 1 atom stereocenters. The van der Waals surface area contributed by atoms with Crippen LogP contribution in [0.1, 0.15) is 0 Å². The van der Waals surface area contributed by atoms with Crippen molar-refractivity contribution in [2.75, 3.05) is 27.2 Å². The molecule has 0 saturated carbocycles. The topological polar surface area (TPSA) is 55.5 Å². The summed E-state index contributed by atoms with van der Waals surface area (Å²) in [6.07, 6.45) is -0.551. The average Bonchev–Trinajstić information content (AvgIpc) is 2.14. The maximum Gasteiger partial charge on any atom is 0.138 e. The van der Waals surface area contributed by atoms with Gasteiger partial charge >= 0.3 is 0 Å². The van der Waals surface area contributed by atoms with Gasteiger partial charge in [-0.2, -0.15) is 5.84 Å². The molecule has 0 saturated heterocycles. The lowest BCUT2D eigenvalue weighted by atomic mass is 10.3. The van der Waals surface area contributed by atoms with Crippen LogP contribution in [0.3, 0.4) is 0 Å². The third-order valence-electron chi connectivity index (χ3n) is 1.87. The molecule has 4 nitrogen and oxygen atoms in total. The summed E-state index contributed by atoms with van der Waals surface area (Å²) in [5.74, 6) is 6.49. The maximum atomic E-state index is 9.63. The summed E-state index contributed by atoms with van der Waals surface area (Å²) >= 11 is 0. The van der Waals surface area contributed by atoms with Crippen LogP contribution in [0.2, 0.25) is 0 Å². The summed E-state index contributed by atoms with van der Waals surface area (Å²) in [6, 6.07) is 9.42. The second-order valence-electron chi connectivity index (χ2n) is 4.24. The van der Waals surface area contributed by atoms with E-state index in [0.717, 1.165) is 5.75 Å². The predicted molar refractivity (Wildman–Crippen MR) is 59.1 cm³/mol. The van der Waals surface area contributed by atoms with Gasteiger partial charge in [0, 0.05) is 0 Å². The Labute approximate surface area is 90.4 Å². The quantitative estimate of drug-likeness (QED) is 0.420. The zero-order valence-corrected chi connectivity index (χ0v) is 9.26. The molecular weight excluding hydrogens is 192 g/mol. The Morgan fingerprint density at radius 1 is 1.33 bits per heavy atom. The highest BCUT2D eigenvalue weighted by Gasteiger charge is 2.16. The molecule has 0 bridgehead atoms. The van der Waals surface area contributed by atoms with Crippen LogP contribution >= 0.6 is 0 Å². The first kappa shape index (κ1) is 12.0. The van der Waals surface area contributed by atoms with Crippen molar-refractivity contribution >= 4 is 0 Å². The van der Waals surface area contributed by atoms with Crippen LogP contribution in [0.5, 0.6) is 5.75 Å². The van der Waals surface area contributed by atoms with Crippen LogP contribution in [0.4, 0.5) is 0 Å². The van der Waals surface area contributed by atoms with E-state index >= 15 is 0 Å². The van der Waals surface area contributed by atoms with Gasteiger partial charge in [-0.3, -0.25) is 4.59 Å². The van der Waals surface area contributed by atoms with Gasteiger partial charge in [-0.05, 0) is 12.1 Å². The molecule has 0 spiro atoms. The number of aliphatic hydroxyl groups excluding tert-OH is 1. The van der Waals surface area contributed by atoms with Crippen molar-refractivity contribution in [2.45, 2.75) is 6.10 Å². The largest absolute Gasteiger partial charge is 0.491 e. The van der Waals surface area contributed by atoms with Gasteiger partial charge in [0.1, 0.15) is 25.0 Å². The van der Waals surface area contributed by atoms with Gasteiger partial charge in [-0.25, -0.2) is 0 Å². The average molecular weight is 211 g/mol. The lowest BCUT2D eigenvalue weighted by molar-refractivity contribution is -0.905. The van der Waals surface area contributed by atoms with Crippen LogP contribution < -0.4 is 10.6 Å². The zero-order valence-electron chi connectivity index (χ0n) is 9.26. The Morgan fingerprint density at radius 2 is 1.93 bits per heavy atom. The second kappa shape index (κ2) is 5.11. The van der Waals surface area contributed by atoms with Gasteiger partial charge in [0.05, 0.1) is 14.1 Å². The highest BCUT2D eigenvalue weighted by molar-refractivity contribution is 5.20. The Bertz CT molecular complexity index is 282. The molecule has 0 aliphatic rings. The minimum absolute atomic E-state index is 0.235. The molecule has 0 radical (unpaired) electrons. The number of nitrogens with zero attached hydrogens (tertiary/aromatic N) is 1. The molecule has 0 aliphatic heterocycles. The number of ether oxygens (including phenoxy) is 1. The van der Waals surface area contributed by atoms with E-state index in [-0.39, 0.29) is 11.2 Å². The molecule has 0 fully saturated rings. The fourth-order valence-corrected chi connectivity index (χ4v) is 1.31. The van der Waals surface area contributed by atoms with Crippen molar-refractivity contribution in [2.24, 2.45) is 5.84 Å². The van der Waals surface area contributed by atoms with Crippen LogP contribution in [-0.4, -0.2) is 43.0 Å². The fraction of sp³-hybridized carbons (Fsp3) is 0.455. The molecule has 15 heavy (non-hydrogen) atoms. The molecule has 4 heteroatoms. The third kappa shape index (κ3) is 5.37. The summed E-state index contributed by atoms with van der Waals surface area (Å²) < 4.78 is 5.63. The van der Waals surface area contributed by atoms with Gasteiger partial charge in [-0.15, -0.1) is 0 Å². The molecule has 3 N–H and O–H groups in total. The number of hydrogen-bond donors (Lipinski definition) is 2. The molecule has 0 heterocycles. The van der Waals surface area contributed by atoms with Crippen molar-refractivity contribution in [3.8, 4) is 5.75 Å². The van der Waals surface area contributed by atoms with Crippen LogP contribution in [-0.2, 0) is 0 Å². The van der Waals surface area contributed by atoms with E-state index in [1.807, 2.05) is 44.4 Å². The van der Waals surface area contributed by atoms with Gasteiger partial charge in [0.25, 0.3) is 0 Å². The Balaban J connectivity index is 2.32. The summed E-state index contributed by atoms with van der Waals surface area (Å²) in [6.45, 7) is 0.732. The fourth-order valence-electron chi connectivity index (χ4n) is 1.31. The molecule has 1 rings (SSSR count). The van der Waals surface area contributed by atoms with Gasteiger partial charge in [0.15, 0.2) is 0 Å². The first-order valence-corrected chi connectivity index (χ1v) is 4.95. The number of rotatable bonds is 5. The minimum atomic E-state index is -0.551. The molecule has 0 amide bonds. The standard InChI is InChI=1S/C11H19N2O2/c1-13(2,12)8-10(14)9-15-11-6-4-3-5-7-11/h3-7,10,14H,8-9,12H2,1-2H3/q+1. The van der Waals surface area contributed by atoms with Gasteiger partial charge < -0.3 is 9.84 Å². The smallest absolute Gasteiger partial charge is 0.138 e. The number of aliphatic hydroxyl groups is 1. The van der Waals surface area contributed by atoms with E-state index in [0.29, 0.717) is 6.54 Å². The van der Waals surface area contributed by atoms with E-state index in [9.17, 15) is 5.11 Å². The molecule has 84 valence electrons. The molecule has 0 aromatic heterocycles. The number of quaternary nitrogens is 1. The normalized spacial score (nSPS) is 13.6. The summed E-state index contributed by atoms with van der Waals surface area (Å²) in [5, 5.41) is 9.63. The molecule has 1 unspecified atom stereocenters. The SMILES string of the molecule is C[N+](C)(N)CC(O)COc1ccccc1. The van der Waals surface area contributed by atoms with E-state index < -0.39 is 6.10 Å². The minimum Gasteiger partial charge on any atom is -0.491 e. The number of benzene rings is 1.